The molecule has 0 saturated heterocycles. The zero-order valence-corrected chi connectivity index (χ0v) is 25.6. The minimum Gasteiger partial charge on any atom is -0.438 e. The van der Waals surface area contributed by atoms with Gasteiger partial charge in [-0.1, -0.05) is 15.9 Å². The van der Waals surface area contributed by atoms with Crippen molar-refractivity contribution in [2.24, 2.45) is 0 Å². The topological polar surface area (TPSA) is 95.5 Å². The molecule has 0 fully saturated rings. The maximum atomic E-state index is 13.6. The van der Waals surface area contributed by atoms with Gasteiger partial charge in [-0.05, 0) is 81.7 Å². The molecule has 1 amide bonds. The molecule has 0 spiro atoms. The molecule has 13 heteroatoms. The molecule has 9 nitrogen and oxygen atoms in total. The molecule has 43 heavy (non-hydrogen) atoms. The molecule has 2 N–H and O–H groups in total. The van der Waals surface area contributed by atoms with E-state index in [0.717, 1.165) is 25.1 Å². The first-order valence-electron chi connectivity index (χ1n) is 13.3. The fourth-order valence-corrected chi connectivity index (χ4v) is 4.72. The summed E-state index contributed by atoms with van der Waals surface area (Å²) in [7, 11) is 7.38. The Bertz CT molecular complexity index is 1580. The predicted molar refractivity (Wildman–Crippen MR) is 165 cm³/mol. The third-order valence-corrected chi connectivity index (χ3v) is 6.81. The van der Waals surface area contributed by atoms with Gasteiger partial charge in [-0.2, -0.15) is 13.2 Å². The van der Waals surface area contributed by atoms with E-state index in [0.29, 0.717) is 33.9 Å². The van der Waals surface area contributed by atoms with Gasteiger partial charge < -0.3 is 25.2 Å². The molecule has 0 saturated carbocycles. The Hall–Kier alpha value is -4.23. The van der Waals surface area contributed by atoms with Gasteiger partial charge in [-0.15, -0.1) is 0 Å². The van der Waals surface area contributed by atoms with Crippen molar-refractivity contribution in [3.8, 4) is 22.9 Å². The van der Waals surface area contributed by atoms with Crippen LogP contribution in [-0.2, 0) is 6.18 Å². The molecule has 4 aromatic rings. The Morgan fingerprint density at radius 1 is 1.00 bits per heavy atom. The van der Waals surface area contributed by atoms with Crippen LogP contribution in [0.2, 0.25) is 0 Å². The van der Waals surface area contributed by atoms with Gasteiger partial charge in [0.25, 0.3) is 5.91 Å². The highest BCUT2D eigenvalue weighted by Gasteiger charge is 2.31. The van der Waals surface area contributed by atoms with Crippen molar-refractivity contribution in [1.29, 1.82) is 0 Å². The van der Waals surface area contributed by atoms with Crippen molar-refractivity contribution in [2.45, 2.75) is 12.6 Å². The number of rotatable bonds is 11. The summed E-state index contributed by atoms with van der Waals surface area (Å²) in [4.78, 5) is 30.2. The average molecular weight is 659 g/mol. The largest absolute Gasteiger partial charge is 0.438 e. The van der Waals surface area contributed by atoms with Crippen molar-refractivity contribution >= 4 is 39.2 Å². The van der Waals surface area contributed by atoms with Gasteiger partial charge in [0, 0.05) is 43.1 Å². The number of alkyl halides is 3. The van der Waals surface area contributed by atoms with Gasteiger partial charge in [0.1, 0.15) is 5.75 Å². The number of nitrogens with one attached hydrogen (secondary N) is 2. The summed E-state index contributed by atoms with van der Waals surface area (Å²) in [5.74, 6) is 0.342. The first-order chi connectivity index (χ1) is 20.4. The molecular weight excluding hydrogens is 627 g/mol. The minimum absolute atomic E-state index is 0.0470. The van der Waals surface area contributed by atoms with Gasteiger partial charge in [-0.25, -0.2) is 15.0 Å². The first kappa shape index (κ1) is 31.7. The maximum Gasteiger partial charge on any atom is 0.416 e. The molecule has 0 bridgehead atoms. The Morgan fingerprint density at radius 3 is 2.51 bits per heavy atom. The number of carbonyl (C=O) groups is 1. The lowest BCUT2D eigenvalue weighted by Crippen LogP contribution is -2.25. The van der Waals surface area contributed by atoms with Crippen LogP contribution in [0.4, 0.5) is 30.5 Å². The van der Waals surface area contributed by atoms with Gasteiger partial charge in [0.15, 0.2) is 0 Å². The lowest BCUT2D eigenvalue weighted by Gasteiger charge is -2.24. The standard InChI is InChI=1S/C30H31BrF3N7O2/c1-35-29-37-12-10-24(39-29)23-7-5-11-36-28(23)43-22-16-19(15-21(31)18-22)27(42)38-25-17-20(30(32,33)34)8-9-26(25)41(4)14-6-13-40(2)3/h5,7-12,15-18H,6,13-14H2,1-4H3,(H,38,42)(H,35,37,39). The second kappa shape index (κ2) is 13.8. The van der Waals surface area contributed by atoms with Gasteiger partial charge in [0.05, 0.1) is 28.2 Å². The SMILES string of the molecule is CNc1nccc(-c2cccnc2Oc2cc(Br)cc(C(=O)Nc3cc(C(F)(F)F)ccc3N(C)CCCN(C)C)c2)n1. The second-order valence-electron chi connectivity index (χ2n) is 9.91. The van der Waals surface area contributed by atoms with Gasteiger partial charge in [0.2, 0.25) is 11.8 Å². The number of aromatic nitrogens is 3. The highest BCUT2D eigenvalue weighted by Crippen LogP contribution is 2.36. The molecule has 2 aromatic carbocycles. The van der Waals surface area contributed by atoms with Crippen LogP contribution in [0.25, 0.3) is 11.3 Å². The average Bonchev–Trinajstić information content (AvgIpc) is 2.96. The molecule has 0 atom stereocenters. The van der Waals surface area contributed by atoms with E-state index in [9.17, 15) is 18.0 Å². The molecule has 4 rings (SSSR count). The van der Waals surface area contributed by atoms with E-state index in [1.165, 1.54) is 12.1 Å². The van der Waals surface area contributed by atoms with Gasteiger partial charge >= 0.3 is 6.18 Å². The zero-order valence-electron chi connectivity index (χ0n) is 24.0. The number of ether oxygens (including phenoxy) is 1. The fourth-order valence-electron chi connectivity index (χ4n) is 4.25. The number of nitrogens with zero attached hydrogens (tertiary/aromatic N) is 5. The van der Waals surface area contributed by atoms with E-state index in [-0.39, 0.29) is 22.9 Å². The van der Waals surface area contributed by atoms with E-state index < -0.39 is 17.6 Å². The van der Waals surface area contributed by atoms with Crippen LogP contribution in [-0.4, -0.2) is 67.0 Å². The second-order valence-corrected chi connectivity index (χ2v) is 10.8. The van der Waals surface area contributed by atoms with E-state index in [4.69, 9.17) is 4.74 Å². The van der Waals surface area contributed by atoms with E-state index >= 15 is 0 Å². The van der Waals surface area contributed by atoms with Crippen molar-refractivity contribution in [1.82, 2.24) is 19.9 Å². The summed E-state index contributed by atoms with van der Waals surface area (Å²) in [6.45, 7) is 1.38. The Balaban J connectivity index is 1.62. The molecule has 226 valence electrons. The van der Waals surface area contributed by atoms with E-state index in [2.05, 4.69) is 41.5 Å². The quantitative estimate of drug-likeness (QED) is 0.182. The third kappa shape index (κ3) is 8.42. The Labute approximate surface area is 256 Å². The predicted octanol–water partition coefficient (Wildman–Crippen LogP) is 6.79. The maximum absolute atomic E-state index is 13.6. The van der Waals surface area contributed by atoms with E-state index in [1.54, 1.807) is 56.8 Å². The number of halogens is 4. The summed E-state index contributed by atoms with van der Waals surface area (Å²) < 4.78 is 47.4. The molecule has 0 aliphatic heterocycles. The van der Waals surface area contributed by atoms with Crippen LogP contribution in [0, 0.1) is 0 Å². The zero-order chi connectivity index (χ0) is 31.1. The Morgan fingerprint density at radius 2 is 1.79 bits per heavy atom. The Kier molecular flexibility index (Phi) is 10.2. The van der Waals surface area contributed by atoms with Crippen LogP contribution in [0.15, 0.2) is 71.5 Å². The monoisotopic (exact) mass is 657 g/mol. The number of anilines is 3. The summed E-state index contributed by atoms with van der Waals surface area (Å²) in [6.07, 6.45) is -0.621. The van der Waals surface area contributed by atoms with Crippen LogP contribution in [0.1, 0.15) is 22.3 Å². The number of hydrogen-bond acceptors (Lipinski definition) is 8. The molecule has 2 aromatic heterocycles. The van der Waals surface area contributed by atoms with Crippen molar-refractivity contribution in [3.63, 3.8) is 0 Å². The molecule has 2 heterocycles. The number of benzene rings is 2. The number of amides is 1. The molecule has 0 radical (unpaired) electrons. The summed E-state index contributed by atoms with van der Waals surface area (Å²) in [6, 6.07) is 13.3. The molecular formula is C30H31BrF3N7O2. The van der Waals surface area contributed by atoms with Crippen LogP contribution in [0.5, 0.6) is 11.6 Å². The highest BCUT2D eigenvalue weighted by molar-refractivity contribution is 9.10. The molecule has 0 aliphatic carbocycles. The molecule has 0 unspecified atom stereocenters. The summed E-state index contributed by atoms with van der Waals surface area (Å²) >= 11 is 3.41. The lowest BCUT2D eigenvalue weighted by molar-refractivity contribution is -0.137. The number of hydrogen-bond donors (Lipinski definition) is 2. The summed E-state index contributed by atoms with van der Waals surface area (Å²) in [5, 5.41) is 5.57. The van der Waals surface area contributed by atoms with Crippen molar-refractivity contribution in [2.75, 3.05) is 56.8 Å². The lowest BCUT2D eigenvalue weighted by atomic mass is 10.1. The van der Waals surface area contributed by atoms with Gasteiger partial charge in [-0.3, -0.25) is 4.79 Å². The minimum atomic E-state index is -4.57. The van der Waals surface area contributed by atoms with Crippen molar-refractivity contribution in [3.05, 3.63) is 82.6 Å². The fraction of sp³-hybridized carbons (Fsp3) is 0.267. The van der Waals surface area contributed by atoms with E-state index in [1.807, 2.05) is 23.9 Å². The number of carbonyl (C=O) groups excluding carboxylic acids is 1. The van der Waals surface area contributed by atoms with Crippen LogP contribution in [0.3, 0.4) is 0 Å². The highest BCUT2D eigenvalue weighted by atomic mass is 79.9. The summed E-state index contributed by atoms with van der Waals surface area (Å²) in [5.41, 5.74) is 0.988. The number of pyridine rings is 1. The third-order valence-electron chi connectivity index (χ3n) is 6.36. The normalized spacial score (nSPS) is 11.4. The first-order valence-corrected chi connectivity index (χ1v) is 14.1. The van der Waals surface area contributed by atoms with Crippen LogP contribution < -0.4 is 20.3 Å². The smallest absolute Gasteiger partial charge is 0.416 e. The molecule has 0 aliphatic rings. The van der Waals surface area contributed by atoms with Crippen molar-refractivity contribution < 1.29 is 22.7 Å². The van der Waals surface area contributed by atoms with Crippen LogP contribution >= 0.6 is 15.9 Å².